The number of allylic oxidation sites excluding steroid dienone is 2. The lowest BCUT2D eigenvalue weighted by atomic mass is 10.1. The zero-order chi connectivity index (χ0) is 26.7. The van der Waals surface area contributed by atoms with Crippen molar-refractivity contribution >= 4 is 11.9 Å². The first kappa shape index (κ1) is 32.7. The number of benzene rings is 1. The van der Waals surface area contributed by atoms with E-state index in [1.54, 1.807) is 36.4 Å². The number of unbranched alkanes of at least 4 members (excludes halogenated alkanes) is 15. The molecule has 0 saturated heterocycles. The van der Waals surface area contributed by atoms with E-state index in [4.69, 9.17) is 9.47 Å². The molecule has 0 bridgehead atoms. The van der Waals surface area contributed by atoms with Gasteiger partial charge in [0.05, 0.1) is 5.56 Å². The minimum atomic E-state index is -0.357. The van der Waals surface area contributed by atoms with Crippen molar-refractivity contribution in [3.63, 3.8) is 0 Å². The molecule has 4 heteroatoms. The first-order valence-electron chi connectivity index (χ1n) is 14.9. The molecule has 37 heavy (non-hydrogen) atoms. The highest BCUT2D eigenvalue weighted by atomic mass is 16.5. The first-order chi connectivity index (χ1) is 18.2. The highest BCUT2D eigenvalue weighted by Crippen LogP contribution is 2.12. The van der Waals surface area contributed by atoms with Gasteiger partial charge in [0.1, 0.15) is 13.2 Å². The highest BCUT2D eigenvalue weighted by molar-refractivity contribution is 5.89. The molecule has 208 valence electrons. The Morgan fingerprint density at radius 1 is 0.595 bits per heavy atom. The first-order valence-corrected chi connectivity index (χ1v) is 14.9. The van der Waals surface area contributed by atoms with Crippen LogP contribution in [0, 0.1) is 0 Å². The van der Waals surface area contributed by atoms with Gasteiger partial charge in [0.25, 0.3) is 0 Å². The van der Waals surface area contributed by atoms with Crippen molar-refractivity contribution in [1.29, 1.82) is 0 Å². The van der Waals surface area contributed by atoms with Crippen LogP contribution in [0.4, 0.5) is 0 Å². The number of esters is 2. The highest BCUT2D eigenvalue weighted by Gasteiger charge is 2.04. The minimum Gasteiger partial charge on any atom is -0.461 e. The summed E-state index contributed by atoms with van der Waals surface area (Å²) in [7, 11) is 0. The van der Waals surface area contributed by atoms with Gasteiger partial charge in [-0.15, -0.1) is 0 Å². The van der Waals surface area contributed by atoms with E-state index >= 15 is 0 Å². The number of hydrogen-bond acceptors (Lipinski definition) is 4. The van der Waals surface area contributed by atoms with Gasteiger partial charge in [-0.2, -0.15) is 0 Å². The average molecular weight is 513 g/mol. The van der Waals surface area contributed by atoms with Crippen LogP contribution in [0.2, 0.25) is 0 Å². The summed E-state index contributed by atoms with van der Waals surface area (Å²) in [5, 5.41) is 0. The average Bonchev–Trinajstić information content (AvgIpc) is 2.92. The van der Waals surface area contributed by atoms with Crippen LogP contribution in [-0.4, -0.2) is 25.2 Å². The molecule has 0 amide bonds. The van der Waals surface area contributed by atoms with Gasteiger partial charge in [-0.05, 0) is 56.4 Å². The summed E-state index contributed by atoms with van der Waals surface area (Å²) in [5.41, 5.74) is 0.527. The van der Waals surface area contributed by atoms with E-state index in [1.165, 1.54) is 96.3 Å². The third-order valence-corrected chi connectivity index (χ3v) is 6.47. The molecular weight excluding hydrogens is 460 g/mol. The molecule has 0 atom stereocenters. The summed E-state index contributed by atoms with van der Waals surface area (Å²) >= 11 is 0. The maximum atomic E-state index is 11.8. The van der Waals surface area contributed by atoms with Crippen LogP contribution < -0.4 is 0 Å². The van der Waals surface area contributed by atoms with Crippen molar-refractivity contribution in [1.82, 2.24) is 0 Å². The van der Waals surface area contributed by atoms with Gasteiger partial charge >= 0.3 is 11.9 Å². The Morgan fingerprint density at radius 3 is 1.65 bits per heavy atom. The fraction of sp³-hybridized carbons (Fsp3) is 0.636. The van der Waals surface area contributed by atoms with Gasteiger partial charge in [-0.1, -0.05) is 114 Å². The number of carbonyl (C=O) groups is 2. The fourth-order valence-corrected chi connectivity index (χ4v) is 4.18. The van der Waals surface area contributed by atoms with Crippen molar-refractivity contribution in [3.05, 3.63) is 60.2 Å². The summed E-state index contributed by atoms with van der Waals surface area (Å²) in [6.07, 6.45) is 30.5. The summed E-state index contributed by atoms with van der Waals surface area (Å²) in [6, 6.07) is 8.87. The predicted octanol–water partition coefficient (Wildman–Crippen LogP) is 9.54. The molecule has 0 aliphatic rings. The molecule has 0 saturated carbocycles. The van der Waals surface area contributed by atoms with Gasteiger partial charge in [0.15, 0.2) is 0 Å². The molecule has 0 spiro atoms. The molecular formula is C33H52O4. The molecule has 1 aromatic carbocycles. The normalized spacial score (nSPS) is 11.4. The Labute approximate surface area is 226 Å². The molecule has 0 N–H and O–H groups in total. The van der Waals surface area contributed by atoms with E-state index in [2.05, 4.69) is 19.1 Å². The van der Waals surface area contributed by atoms with Crippen molar-refractivity contribution in [2.45, 2.75) is 122 Å². The Hall–Kier alpha value is -2.36. The topological polar surface area (TPSA) is 52.6 Å². The van der Waals surface area contributed by atoms with E-state index in [9.17, 15) is 9.59 Å². The minimum absolute atomic E-state index is 0.160. The largest absolute Gasteiger partial charge is 0.461 e. The maximum absolute atomic E-state index is 11.8. The monoisotopic (exact) mass is 512 g/mol. The molecule has 0 aliphatic heterocycles. The smallest absolute Gasteiger partial charge is 0.338 e. The number of hydrogen-bond donors (Lipinski definition) is 0. The van der Waals surface area contributed by atoms with Crippen LogP contribution in [0.1, 0.15) is 133 Å². The Morgan fingerprint density at radius 2 is 1.08 bits per heavy atom. The Balaban J connectivity index is 1.80. The predicted molar refractivity (Wildman–Crippen MR) is 155 cm³/mol. The second-order valence-electron chi connectivity index (χ2n) is 9.87. The van der Waals surface area contributed by atoms with Gasteiger partial charge in [0.2, 0.25) is 0 Å². The molecule has 0 aliphatic carbocycles. The van der Waals surface area contributed by atoms with Crippen molar-refractivity contribution in [2.75, 3.05) is 13.2 Å². The molecule has 1 rings (SSSR count). The summed E-state index contributed by atoms with van der Waals surface area (Å²) in [6.45, 7) is 2.66. The van der Waals surface area contributed by atoms with Crippen LogP contribution in [0.5, 0.6) is 0 Å². The second kappa shape index (κ2) is 25.3. The lowest BCUT2D eigenvalue weighted by Crippen LogP contribution is -2.06. The molecule has 4 nitrogen and oxygen atoms in total. The molecule has 0 heterocycles. The third-order valence-electron chi connectivity index (χ3n) is 6.47. The molecule has 0 aromatic heterocycles. The second-order valence-corrected chi connectivity index (χ2v) is 9.87. The summed E-state index contributed by atoms with van der Waals surface area (Å²) < 4.78 is 10.3. The van der Waals surface area contributed by atoms with E-state index in [0.29, 0.717) is 12.0 Å². The van der Waals surface area contributed by atoms with Crippen LogP contribution in [-0.2, 0) is 14.3 Å². The van der Waals surface area contributed by atoms with Gasteiger partial charge in [-0.25, -0.2) is 4.79 Å². The summed E-state index contributed by atoms with van der Waals surface area (Å²) in [5.74, 6) is -0.518. The van der Waals surface area contributed by atoms with Crippen LogP contribution in [0.25, 0.3) is 0 Å². The molecule has 0 radical (unpaired) electrons. The SMILES string of the molecule is CCCCCCCC/C=C\CCCCCCCCCCCC(=O)OCC=CCOC(=O)c1ccccc1. The molecule has 0 fully saturated rings. The zero-order valence-corrected chi connectivity index (χ0v) is 23.5. The van der Waals surface area contributed by atoms with Gasteiger partial charge in [-0.3, -0.25) is 4.79 Å². The lowest BCUT2D eigenvalue weighted by Gasteiger charge is -2.04. The number of carbonyl (C=O) groups excluding carboxylic acids is 2. The summed E-state index contributed by atoms with van der Waals surface area (Å²) in [4.78, 5) is 23.6. The number of rotatable bonds is 24. The van der Waals surface area contributed by atoms with Gasteiger partial charge < -0.3 is 9.47 Å². The molecule has 0 unspecified atom stereocenters. The lowest BCUT2D eigenvalue weighted by molar-refractivity contribution is -0.142. The Kier molecular flexibility index (Phi) is 22.3. The van der Waals surface area contributed by atoms with Crippen LogP contribution in [0.15, 0.2) is 54.6 Å². The van der Waals surface area contributed by atoms with Gasteiger partial charge in [0, 0.05) is 6.42 Å². The number of ether oxygens (including phenoxy) is 2. The molecule has 1 aromatic rings. The van der Waals surface area contributed by atoms with E-state index in [-0.39, 0.29) is 25.2 Å². The van der Waals surface area contributed by atoms with Crippen molar-refractivity contribution in [3.8, 4) is 0 Å². The van der Waals surface area contributed by atoms with Crippen molar-refractivity contribution < 1.29 is 19.1 Å². The zero-order valence-electron chi connectivity index (χ0n) is 23.5. The van der Waals surface area contributed by atoms with Crippen LogP contribution in [0.3, 0.4) is 0 Å². The standard InChI is InChI=1S/C33H52O4/c1-2-3-4-5-6-7-8-9-10-11-12-13-14-15-16-17-18-19-23-28-32(34)36-29-24-25-30-37-33(35)31-26-21-20-22-27-31/h9-10,20-22,24-27H,2-8,11-19,23,28-30H2,1H3/b10-9-,25-24?. The van der Waals surface area contributed by atoms with Crippen molar-refractivity contribution in [2.24, 2.45) is 0 Å². The van der Waals surface area contributed by atoms with E-state index < -0.39 is 0 Å². The van der Waals surface area contributed by atoms with E-state index in [0.717, 1.165) is 12.8 Å². The maximum Gasteiger partial charge on any atom is 0.338 e. The quantitative estimate of drug-likeness (QED) is 0.0786. The third kappa shape index (κ3) is 21.4. The Bertz CT molecular complexity index is 723. The van der Waals surface area contributed by atoms with E-state index in [1.807, 2.05) is 6.07 Å². The fourth-order valence-electron chi connectivity index (χ4n) is 4.18. The van der Waals surface area contributed by atoms with Crippen LogP contribution >= 0.6 is 0 Å².